The van der Waals surface area contributed by atoms with Gasteiger partial charge >= 0.3 is 0 Å². The lowest BCUT2D eigenvalue weighted by Crippen LogP contribution is -2.14. The Hall–Kier alpha value is -2.41. The summed E-state index contributed by atoms with van der Waals surface area (Å²) in [6.45, 7) is 4.54. The lowest BCUT2D eigenvalue weighted by molar-refractivity contribution is 0.287. The van der Waals surface area contributed by atoms with Crippen LogP contribution in [-0.4, -0.2) is 28.7 Å². The van der Waals surface area contributed by atoms with Crippen molar-refractivity contribution < 1.29 is 22.6 Å². The quantitative estimate of drug-likeness (QED) is 0.790. The van der Waals surface area contributed by atoms with Crippen LogP contribution in [0.1, 0.15) is 13.8 Å². The number of nitrogens with one attached hydrogen (secondary N) is 1. The Balaban J connectivity index is 2.36. The van der Waals surface area contributed by atoms with Crippen LogP contribution in [-0.2, 0) is 10.0 Å². The van der Waals surface area contributed by atoms with Crippen molar-refractivity contribution in [2.24, 2.45) is 0 Å². The van der Waals surface area contributed by atoms with Crippen LogP contribution in [0, 0.1) is 0 Å². The van der Waals surface area contributed by atoms with Crippen LogP contribution in [0.3, 0.4) is 0 Å². The molecule has 0 aliphatic carbocycles. The summed E-state index contributed by atoms with van der Waals surface area (Å²) >= 11 is 0. The molecule has 0 aliphatic heterocycles. The Labute approximate surface area is 142 Å². The van der Waals surface area contributed by atoms with Crippen molar-refractivity contribution >= 4 is 15.7 Å². The Morgan fingerprint density at radius 3 is 2.25 bits per heavy atom. The van der Waals surface area contributed by atoms with Crippen molar-refractivity contribution in [1.29, 1.82) is 0 Å². The van der Waals surface area contributed by atoms with Crippen molar-refractivity contribution in [2.45, 2.75) is 18.7 Å². The third-order valence-electron chi connectivity index (χ3n) is 3.18. The van der Waals surface area contributed by atoms with Crippen LogP contribution >= 0.6 is 0 Å². The fraction of sp³-hybridized carbons (Fsp3) is 0.294. The highest BCUT2D eigenvalue weighted by molar-refractivity contribution is 7.92. The minimum Gasteiger partial charge on any atom is -0.495 e. The summed E-state index contributed by atoms with van der Waals surface area (Å²) in [7, 11) is -2.30. The van der Waals surface area contributed by atoms with E-state index in [0.717, 1.165) is 0 Å². The summed E-state index contributed by atoms with van der Waals surface area (Å²) < 4.78 is 43.9. The van der Waals surface area contributed by atoms with E-state index in [1.807, 2.05) is 13.8 Å². The van der Waals surface area contributed by atoms with Crippen LogP contribution in [0.15, 0.2) is 47.4 Å². The maximum atomic E-state index is 12.6. The lowest BCUT2D eigenvalue weighted by atomic mass is 10.3. The second-order valence-corrected chi connectivity index (χ2v) is 6.46. The van der Waals surface area contributed by atoms with Gasteiger partial charge in [-0.15, -0.1) is 0 Å². The lowest BCUT2D eigenvalue weighted by Gasteiger charge is -2.14. The second-order valence-electron chi connectivity index (χ2n) is 4.78. The van der Waals surface area contributed by atoms with Crippen LogP contribution < -0.4 is 18.9 Å². The van der Waals surface area contributed by atoms with E-state index in [2.05, 4.69) is 4.72 Å². The van der Waals surface area contributed by atoms with E-state index in [-0.39, 0.29) is 4.90 Å². The molecule has 0 unspecified atom stereocenters. The molecule has 0 spiro atoms. The van der Waals surface area contributed by atoms with Crippen molar-refractivity contribution in [3.05, 3.63) is 42.5 Å². The van der Waals surface area contributed by atoms with Gasteiger partial charge in [-0.25, -0.2) is 8.42 Å². The zero-order valence-corrected chi connectivity index (χ0v) is 14.7. The maximum Gasteiger partial charge on any atom is 0.262 e. The zero-order valence-electron chi connectivity index (χ0n) is 13.9. The van der Waals surface area contributed by atoms with Gasteiger partial charge in [0.15, 0.2) is 11.5 Å². The largest absolute Gasteiger partial charge is 0.495 e. The average molecular weight is 351 g/mol. The first-order valence-electron chi connectivity index (χ1n) is 7.57. The molecule has 0 atom stereocenters. The smallest absolute Gasteiger partial charge is 0.262 e. The number of hydrogen-bond acceptors (Lipinski definition) is 5. The minimum absolute atomic E-state index is 0.0836. The number of benzene rings is 2. The molecule has 7 heteroatoms. The summed E-state index contributed by atoms with van der Waals surface area (Å²) in [4.78, 5) is 0.0836. The third-order valence-corrected chi connectivity index (χ3v) is 4.54. The normalized spacial score (nSPS) is 11.0. The van der Waals surface area contributed by atoms with Gasteiger partial charge in [-0.1, -0.05) is 12.1 Å². The molecule has 2 aromatic rings. The predicted molar refractivity (Wildman–Crippen MR) is 92.6 cm³/mol. The highest BCUT2D eigenvalue weighted by atomic mass is 32.2. The van der Waals surface area contributed by atoms with Crippen molar-refractivity contribution in [1.82, 2.24) is 0 Å². The molecule has 0 aliphatic rings. The maximum absolute atomic E-state index is 12.6. The molecule has 0 amide bonds. The van der Waals surface area contributed by atoms with Crippen LogP contribution in [0.2, 0.25) is 0 Å². The van der Waals surface area contributed by atoms with Gasteiger partial charge in [0, 0.05) is 6.07 Å². The van der Waals surface area contributed by atoms with Crippen molar-refractivity contribution in [2.75, 3.05) is 25.0 Å². The van der Waals surface area contributed by atoms with Gasteiger partial charge in [0.05, 0.1) is 30.9 Å². The zero-order chi connectivity index (χ0) is 17.6. The van der Waals surface area contributed by atoms with E-state index >= 15 is 0 Å². The fourth-order valence-corrected chi connectivity index (χ4v) is 3.22. The van der Waals surface area contributed by atoms with E-state index in [9.17, 15) is 8.42 Å². The molecule has 0 aromatic heterocycles. The first-order chi connectivity index (χ1) is 11.5. The van der Waals surface area contributed by atoms with Gasteiger partial charge in [-0.2, -0.15) is 0 Å². The number of para-hydroxylation sites is 2. The molecule has 0 fully saturated rings. The molecule has 0 saturated heterocycles. The monoisotopic (exact) mass is 351 g/mol. The predicted octanol–water partition coefficient (Wildman–Crippen LogP) is 3.29. The number of rotatable bonds is 8. The molecule has 0 bridgehead atoms. The van der Waals surface area contributed by atoms with Gasteiger partial charge in [-0.05, 0) is 38.1 Å². The molecular formula is C17H21NO5S. The van der Waals surface area contributed by atoms with E-state index in [4.69, 9.17) is 14.2 Å². The van der Waals surface area contributed by atoms with Crippen LogP contribution in [0.25, 0.3) is 0 Å². The molecule has 130 valence electrons. The summed E-state index contributed by atoms with van der Waals surface area (Å²) in [5.74, 6) is 1.34. The van der Waals surface area contributed by atoms with Crippen LogP contribution in [0.4, 0.5) is 5.69 Å². The van der Waals surface area contributed by atoms with Crippen molar-refractivity contribution in [3.8, 4) is 17.2 Å². The Morgan fingerprint density at radius 1 is 0.917 bits per heavy atom. The number of hydrogen-bond donors (Lipinski definition) is 1. The van der Waals surface area contributed by atoms with Gasteiger partial charge in [0.25, 0.3) is 10.0 Å². The molecular weight excluding hydrogens is 330 g/mol. The van der Waals surface area contributed by atoms with Gasteiger partial charge in [0.2, 0.25) is 0 Å². The Kier molecular flexibility index (Phi) is 5.92. The molecule has 0 saturated carbocycles. The molecule has 1 N–H and O–H groups in total. The molecule has 2 aromatic carbocycles. The summed E-state index contributed by atoms with van der Waals surface area (Å²) in [5.41, 5.74) is 0.367. The summed E-state index contributed by atoms with van der Waals surface area (Å²) in [6, 6.07) is 11.3. The van der Waals surface area contributed by atoms with Gasteiger partial charge in [0.1, 0.15) is 5.75 Å². The Bertz CT molecular complexity index is 789. The number of ether oxygens (including phenoxy) is 3. The number of anilines is 1. The van der Waals surface area contributed by atoms with Gasteiger partial charge < -0.3 is 14.2 Å². The molecule has 0 radical (unpaired) electrons. The van der Waals surface area contributed by atoms with E-state index in [1.54, 1.807) is 30.3 Å². The SMILES string of the molecule is CCOc1ccc(S(=O)(=O)Nc2ccccc2OC)cc1OCC. The molecule has 0 heterocycles. The number of methoxy groups -OCH3 is 1. The third kappa shape index (κ3) is 4.11. The van der Waals surface area contributed by atoms with Gasteiger partial charge in [-0.3, -0.25) is 4.72 Å². The van der Waals surface area contributed by atoms with Crippen molar-refractivity contribution in [3.63, 3.8) is 0 Å². The molecule has 2 rings (SSSR count). The summed E-state index contributed by atoms with van der Waals surface area (Å²) in [6.07, 6.45) is 0. The first kappa shape index (κ1) is 17.9. The molecule has 24 heavy (non-hydrogen) atoms. The average Bonchev–Trinajstić information content (AvgIpc) is 2.57. The minimum atomic E-state index is -3.78. The Morgan fingerprint density at radius 2 is 1.58 bits per heavy atom. The van der Waals surface area contributed by atoms with Crippen LogP contribution in [0.5, 0.6) is 17.2 Å². The van der Waals surface area contributed by atoms with E-state index < -0.39 is 10.0 Å². The highest BCUT2D eigenvalue weighted by Crippen LogP contribution is 2.32. The second kappa shape index (κ2) is 7.92. The highest BCUT2D eigenvalue weighted by Gasteiger charge is 2.19. The molecule has 6 nitrogen and oxygen atoms in total. The summed E-state index contributed by atoms with van der Waals surface area (Å²) in [5, 5.41) is 0. The topological polar surface area (TPSA) is 73.9 Å². The fourth-order valence-electron chi connectivity index (χ4n) is 2.13. The van der Waals surface area contributed by atoms with E-state index in [0.29, 0.717) is 36.1 Å². The first-order valence-corrected chi connectivity index (χ1v) is 9.05. The van der Waals surface area contributed by atoms with E-state index in [1.165, 1.54) is 19.2 Å². The standard InChI is InChI=1S/C17H21NO5S/c1-4-22-16-11-10-13(12-17(16)23-5-2)24(19,20)18-14-8-6-7-9-15(14)21-3/h6-12,18H,4-5H2,1-3H3. The number of sulfonamides is 1.